The minimum atomic E-state index is -0.0101. The quantitative estimate of drug-likeness (QED) is 0.578. The molecule has 2 N–H and O–H groups in total. The molecule has 2 fully saturated rings. The lowest BCUT2D eigenvalue weighted by Crippen LogP contribution is -2.38. The van der Waals surface area contributed by atoms with Crippen molar-refractivity contribution in [3.8, 4) is 11.3 Å². The molecule has 2 aromatic heterocycles. The number of hydrogen-bond donors (Lipinski definition) is 2. The van der Waals surface area contributed by atoms with E-state index in [2.05, 4.69) is 61.5 Å². The van der Waals surface area contributed by atoms with Gasteiger partial charge in [-0.15, -0.1) is 0 Å². The zero-order valence-electron chi connectivity index (χ0n) is 20.3. The average Bonchev–Trinajstić information content (AvgIpc) is 3.39. The fourth-order valence-electron chi connectivity index (χ4n) is 5.10. The minimum Gasteiger partial charge on any atom is -0.378 e. The number of pyridine rings is 1. The first-order valence-corrected chi connectivity index (χ1v) is 12.7. The number of morpholine rings is 2. The normalized spacial score (nSPS) is 18.4. The Balaban J connectivity index is 1.28. The van der Waals surface area contributed by atoms with E-state index >= 15 is 0 Å². The smallest absolute Gasteiger partial charge is 0.253 e. The number of anilines is 2. The average molecular weight is 486 g/mol. The van der Waals surface area contributed by atoms with Gasteiger partial charge in [-0.05, 0) is 42.0 Å². The topological polar surface area (TPSA) is 82.7 Å². The van der Waals surface area contributed by atoms with Crippen LogP contribution in [0.2, 0.25) is 0 Å². The Labute approximate surface area is 210 Å². The van der Waals surface area contributed by atoms with Gasteiger partial charge in [0.25, 0.3) is 5.91 Å². The highest BCUT2D eigenvalue weighted by molar-refractivity contribution is 5.97. The largest absolute Gasteiger partial charge is 0.378 e. The molecule has 0 bridgehead atoms. The predicted molar refractivity (Wildman–Crippen MR) is 141 cm³/mol. The maximum absolute atomic E-state index is 12.2. The molecule has 3 aromatic rings. The Morgan fingerprint density at radius 2 is 1.67 bits per heavy atom. The Kier molecular flexibility index (Phi) is 6.44. The molecule has 5 heterocycles. The molecule has 3 aliphatic rings. The third kappa shape index (κ3) is 4.74. The maximum Gasteiger partial charge on any atom is 0.253 e. The van der Waals surface area contributed by atoms with Crippen molar-refractivity contribution < 1.29 is 14.3 Å². The van der Waals surface area contributed by atoms with Crippen molar-refractivity contribution in [1.29, 1.82) is 0 Å². The molecule has 1 aromatic carbocycles. The summed E-state index contributed by atoms with van der Waals surface area (Å²) < 4.78 is 11.1. The second-order valence-electron chi connectivity index (χ2n) is 9.33. The van der Waals surface area contributed by atoms with E-state index in [0.29, 0.717) is 6.54 Å². The number of amides is 1. The van der Waals surface area contributed by atoms with Gasteiger partial charge < -0.3 is 29.6 Å². The molecule has 6 rings (SSSR count). The number of nitrogens with one attached hydrogen (secondary N) is 2. The number of carbonyl (C=O) groups is 1. The third-order valence-electron chi connectivity index (χ3n) is 7.07. The predicted octanol–water partition coefficient (Wildman–Crippen LogP) is 3.21. The zero-order chi connectivity index (χ0) is 24.3. The van der Waals surface area contributed by atoms with Gasteiger partial charge in [0.05, 0.1) is 37.7 Å². The molecule has 0 saturated carbocycles. The molecular weight excluding hydrogens is 454 g/mol. The van der Waals surface area contributed by atoms with Crippen LogP contribution in [0.15, 0.2) is 42.6 Å². The summed E-state index contributed by atoms with van der Waals surface area (Å²) in [7, 11) is 0. The lowest BCUT2D eigenvalue weighted by atomic mass is 10.1. The highest BCUT2D eigenvalue weighted by Gasteiger charge is 2.20. The van der Waals surface area contributed by atoms with Crippen LogP contribution < -0.4 is 15.1 Å². The van der Waals surface area contributed by atoms with Gasteiger partial charge in [-0.25, -0.2) is 0 Å². The van der Waals surface area contributed by atoms with Crippen LogP contribution in [0, 0.1) is 0 Å². The molecule has 0 spiro atoms. The van der Waals surface area contributed by atoms with Crippen LogP contribution in [-0.2, 0) is 15.9 Å². The van der Waals surface area contributed by atoms with Gasteiger partial charge in [-0.3, -0.25) is 9.78 Å². The number of fused-ring (bicyclic) bond motifs is 1. The van der Waals surface area contributed by atoms with Crippen LogP contribution >= 0.6 is 0 Å². The number of aromatic nitrogens is 2. The zero-order valence-corrected chi connectivity index (χ0v) is 20.3. The van der Waals surface area contributed by atoms with Gasteiger partial charge in [-0.1, -0.05) is 12.1 Å². The molecular formula is C28H31N5O3. The number of aromatic amines is 1. The van der Waals surface area contributed by atoms with Crippen LogP contribution in [0.25, 0.3) is 23.4 Å². The van der Waals surface area contributed by atoms with Crippen molar-refractivity contribution in [2.24, 2.45) is 0 Å². The summed E-state index contributed by atoms with van der Waals surface area (Å²) in [6.45, 7) is 7.29. The second kappa shape index (κ2) is 10.2. The standard InChI is InChI=1S/C28H31N5O3/c34-28-24-19-26(31-25(24)6-8-30-28)21-5-7-29-22(17-21)3-1-20-2-4-23(32-9-13-35-14-10-32)18-27(20)33-11-15-36-16-12-33/h1-5,7,17-19,31H,6,8-16H2,(H,30,34). The number of hydrogen-bond acceptors (Lipinski definition) is 6. The third-order valence-corrected chi connectivity index (χ3v) is 7.07. The van der Waals surface area contributed by atoms with Gasteiger partial charge in [0, 0.05) is 73.7 Å². The molecule has 0 aliphatic carbocycles. The number of ether oxygens (including phenoxy) is 2. The summed E-state index contributed by atoms with van der Waals surface area (Å²) >= 11 is 0. The van der Waals surface area contributed by atoms with E-state index in [4.69, 9.17) is 9.47 Å². The minimum absolute atomic E-state index is 0.0101. The first-order chi connectivity index (χ1) is 17.7. The van der Waals surface area contributed by atoms with Crippen molar-refractivity contribution in [2.45, 2.75) is 6.42 Å². The number of benzene rings is 1. The van der Waals surface area contributed by atoms with Gasteiger partial charge in [0.15, 0.2) is 0 Å². The summed E-state index contributed by atoms with van der Waals surface area (Å²) in [5, 5.41) is 2.91. The molecule has 8 nitrogen and oxygen atoms in total. The van der Waals surface area contributed by atoms with E-state index in [1.807, 2.05) is 18.3 Å². The molecule has 186 valence electrons. The summed E-state index contributed by atoms with van der Waals surface area (Å²) in [4.78, 5) is 25.0. The van der Waals surface area contributed by atoms with E-state index < -0.39 is 0 Å². The van der Waals surface area contributed by atoms with Gasteiger partial charge in [-0.2, -0.15) is 0 Å². The number of carbonyl (C=O) groups excluding carboxylic acids is 1. The van der Waals surface area contributed by atoms with Crippen LogP contribution in [0.1, 0.15) is 27.3 Å². The molecule has 8 heteroatoms. The number of rotatable bonds is 5. The summed E-state index contributed by atoms with van der Waals surface area (Å²) in [5.41, 5.74) is 8.18. The van der Waals surface area contributed by atoms with Crippen LogP contribution in [0.5, 0.6) is 0 Å². The van der Waals surface area contributed by atoms with Gasteiger partial charge in [0.1, 0.15) is 0 Å². The Hall–Kier alpha value is -3.62. The van der Waals surface area contributed by atoms with E-state index in [0.717, 1.165) is 92.8 Å². The van der Waals surface area contributed by atoms with Gasteiger partial charge >= 0.3 is 0 Å². The van der Waals surface area contributed by atoms with Crippen LogP contribution in [-0.4, -0.2) is 75.0 Å². The van der Waals surface area contributed by atoms with E-state index in [1.54, 1.807) is 0 Å². The Morgan fingerprint density at radius 1 is 0.889 bits per heavy atom. The summed E-state index contributed by atoms with van der Waals surface area (Å²) in [6.07, 6.45) is 6.85. The van der Waals surface area contributed by atoms with Crippen LogP contribution in [0.4, 0.5) is 11.4 Å². The highest BCUT2D eigenvalue weighted by atomic mass is 16.5. The van der Waals surface area contributed by atoms with Crippen molar-refractivity contribution in [3.05, 3.63) is 65.1 Å². The van der Waals surface area contributed by atoms with Crippen molar-refractivity contribution in [3.63, 3.8) is 0 Å². The molecule has 0 unspecified atom stereocenters. The molecule has 0 radical (unpaired) electrons. The first kappa shape index (κ1) is 22.8. The molecule has 0 atom stereocenters. The van der Waals surface area contributed by atoms with Crippen molar-refractivity contribution in [1.82, 2.24) is 15.3 Å². The van der Waals surface area contributed by atoms with E-state index in [1.165, 1.54) is 11.4 Å². The first-order valence-electron chi connectivity index (χ1n) is 12.7. The molecule has 1 amide bonds. The molecule has 36 heavy (non-hydrogen) atoms. The molecule has 2 saturated heterocycles. The van der Waals surface area contributed by atoms with E-state index in [-0.39, 0.29) is 5.91 Å². The summed E-state index contributed by atoms with van der Waals surface area (Å²) in [6, 6.07) is 12.7. The summed E-state index contributed by atoms with van der Waals surface area (Å²) in [5.74, 6) is -0.0101. The monoisotopic (exact) mass is 485 g/mol. The SMILES string of the molecule is O=C1NCCc2[nH]c(-c3ccnc(C=Cc4ccc(N5CCOCC5)cc4N4CCOCC4)c3)cc21. The molecule has 3 aliphatic heterocycles. The lowest BCUT2D eigenvalue weighted by Gasteiger charge is -2.33. The maximum atomic E-state index is 12.2. The Morgan fingerprint density at radius 3 is 2.44 bits per heavy atom. The number of nitrogens with zero attached hydrogens (tertiary/aromatic N) is 3. The lowest BCUT2D eigenvalue weighted by molar-refractivity contribution is 0.0946. The number of H-pyrrole nitrogens is 1. The van der Waals surface area contributed by atoms with E-state index in [9.17, 15) is 4.79 Å². The van der Waals surface area contributed by atoms with Crippen LogP contribution in [0.3, 0.4) is 0 Å². The van der Waals surface area contributed by atoms with Crippen molar-refractivity contribution in [2.75, 3.05) is 69.0 Å². The van der Waals surface area contributed by atoms with Crippen molar-refractivity contribution >= 4 is 29.4 Å². The highest BCUT2D eigenvalue weighted by Crippen LogP contribution is 2.30. The fraction of sp³-hybridized carbons (Fsp3) is 0.357. The van der Waals surface area contributed by atoms with Gasteiger partial charge in [0.2, 0.25) is 0 Å². The Bertz CT molecular complexity index is 1270. The second-order valence-corrected chi connectivity index (χ2v) is 9.33. The fourth-order valence-corrected chi connectivity index (χ4v) is 5.10.